The smallest absolute Gasteiger partial charge is 0.0805 e. The molecule has 0 bridgehead atoms. The van der Waals surface area contributed by atoms with E-state index in [4.69, 9.17) is 5.26 Å². The van der Waals surface area contributed by atoms with Gasteiger partial charge in [-0.3, -0.25) is 0 Å². The van der Waals surface area contributed by atoms with Crippen molar-refractivity contribution in [1.29, 1.82) is 5.26 Å². The van der Waals surface area contributed by atoms with E-state index >= 15 is 0 Å². The lowest BCUT2D eigenvalue weighted by Gasteiger charge is -2.24. The van der Waals surface area contributed by atoms with Crippen LogP contribution in [0.3, 0.4) is 0 Å². The highest BCUT2D eigenvalue weighted by Gasteiger charge is 2.39. The third-order valence-corrected chi connectivity index (χ3v) is 2.77. The van der Waals surface area contributed by atoms with Crippen molar-refractivity contribution in [2.24, 2.45) is 11.8 Å². The van der Waals surface area contributed by atoms with Gasteiger partial charge in [0, 0.05) is 0 Å². The third-order valence-electron chi connectivity index (χ3n) is 2.77. The lowest BCUT2D eigenvalue weighted by atomic mass is 9.88. The molecule has 1 rings (SSSR count). The van der Waals surface area contributed by atoms with Gasteiger partial charge in [0.25, 0.3) is 0 Å². The first-order valence-corrected chi connectivity index (χ1v) is 4.20. The molecule has 0 amide bonds. The minimum atomic E-state index is -0.686. The SMILES string of the molecule is CC1CCC(O)(C(C)C#N)C1. The quantitative estimate of drug-likeness (QED) is 0.623. The molecule has 3 atom stereocenters. The van der Waals surface area contributed by atoms with E-state index in [1.165, 1.54) is 0 Å². The van der Waals surface area contributed by atoms with Gasteiger partial charge in [0.15, 0.2) is 0 Å². The van der Waals surface area contributed by atoms with Gasteiger partial charge in [-0.05, 0) is 32.1 Å². The minimum Gasteiger partial charge on any atom is -0.389 e. The van der Waals surface area contributed by atoms with Gasteiger partial charge in [-0.25, -0.2) is 0 Å². The average molecular weight is 153 g/mol. The molecule has 3 unspecified atom stereocenters. The number of hydrogen-bond donors (Lipinski definition) is 1. The summed E-state index contributed by atoms with van der Waals surface area (Å²) in [6.07, 6.45) is 2.65. The number of nitriles is 1. The van der Waals surface area contributed by atoms with E-state index in [1.54, 1.807) is 6.92 Å². The molecule has 2 nitrogen and oxygen atoms in total. The molecular formula is C9H15NO. The fraction of sp³-hybridized carbons (Fsp3) is 0.889. The van der Waals surface area contributed by atoms with Crippen molar-refractivity contribution in [3.8, 4) is 6.07 Å². The van der Waals surface area contributed by atoms with Crippen molar-refractivity contribution < 1.29 is 5.11 Å². The molecular weight excluding hydrogens is 138 g/mol. The Balaban J connectivity index is 2.63. The van der Waals surface area contributed by atoms with Crippen LogP contribution in [0.25, 0.3) is 0 Å². The van der Waals surface area contributed by atoms with Crippen LogP contribution >= 0.6 is 0 Å². The molecule has 1 N–H and O–H groups in total. The van der Waals surface area contributed by atoms with E-state index in [9.17, 15) is 5.11 Å². The van der Waals surface area contributed by atoms with Crippen LogP contribution in [-0.4, -0.2) is 10.7 Å². The van der Waals surface area contributed by atoms with Crippen LogP contribution in [0.5, 0.6) is 0 Å². The summed E-state index contributed by atoms with van der Waals surface area (Å²) in [7, 11) is 0. The van der Waals surface area contributed by atoms with Gasteiger partial charge in [0.1, 0.15) is 0 Å². The van der Waals surface area contributed by atoms with Crippen molar-refractivity contribution >= 4 is 0 Å². The van der Waals surface area contributed by atoms with Gasteiger partial charge in [-0.15, -0.1) is 0 Å². The highest BCUT2D eigenvalue weighted by molar-refractivity contribution is 5.00. The zero-order chi connectivity index (χ0) is 8.48. The Labute approximate surface area is 67.8 Å². The number of nitrogens with zero attached hydrogens (tertiary/aromatic N) is 1. The molecule has 11 heavy (non-hydrogen) atoms. The van der Waals surface area contributed by atoms with E-state index in [-0.39, 0.29) is 5.92 Å². The summed E-state index contributed by atoms with van der Waals surface area (Å²) in [6, 6.07) is 2.12. The normalized spacial score (nSPS) is 40.0. The molecule has 1 aliphatic carbocycles. The van der Waals surface area contributed by atoms with Gasteiger partial charge in [0.05, 0.1) is 17.6 Å². The summed E-state index contributed by atoms with van der Waals surface area (Å²) >= 11 is 0. The largest absolute Gasteiger partial charge is 0.389 e. The van der Waals surface area contributed by atoms with Crippen molar-refractivity contribution in [3.05, 3.63) is 0 Å². The zero-order valence-corrected chi connectivity index (χ0v) is 7.17. The zero-order valence-electron chi connectivity index (χ0n) is 7.17. The van der Waals surface area contributed by atoms with Crippen LogP contribution in [0.15, 0.2) is 0 Å². The van der Waals surface area contributed by atoms with E-state index in [1.807, 2.05) is 0 Å². The molecule has 0 radical (unpaired) electrons. The summed E-state index contributed by atoms with van der Waals surface area (Å²) < 4.78 is 0. The molecule has 1 saturated carbocycles. The Hall–Kier alpha value is -0.550. The molecule has 62 valence electrons. The Kier molecular flexibility index (Phi) is 2.20. The number of rotatable bonds is 1. The van der Waals surface area contributed by atoms with Crippen molar-refractivity contribution in [3.63, 3.8) is 0 Å². The summed E-state index contributed by atoms with van der Waals surface area (Å²) in [6.45, 7) is 3.93. The maximum atomic E-state index is 9.91. The average Bonchev–Trinajstić information content (AvgIpc) is 2.31. The van der Waals surface area contributed by atoms with Crippen LogP contribution in [-0.2, 0) is 0 Å². The molecule has 1 fully saturated rings. The Morgan fingerprint density at radius 3 is 2.73 bits per heavy atom. The predicted octanol–water partition coefficient (Wildman–Crippen LogP) is 1.70. The maximum absolute atomic E-state index is 9.91. The first-order chi connectivity index (χ1) is 5.08. The first kappa shape index (κ1) is 8.55. The van der Waals surface area contributed by atoms with E-state index in [2.05, 4.69) is 13.0 Å². The van der Waals surface area contributed by atoms with Gasteiger partial charge in [0.2, 0.25) is 0 Å². The lowest BCUT2D eigenvalue weighted by Crippen LogP contribution is -2.32. The molecule has 0 heterocycles. The molecule has 0 aromatic rings. The molecule has 0 aromatic heterocycles. The van der Waals surface area contributed by atoms with E-state index in [0.717, 1.165) is 19.3 Å². The van der Waals surface area contributed by atoms with Gasteiger partial charge >= 0.3 is 0 Å². The van der Waals surface area contributed by atoms with Gasteiger partial charge in [-0.2, -0.15) is 5.26 Å². The fourth-order valence-electron chi connectivity index (χ4n) is 1.82. The van der Waals surface area contributed by atoms with E-state index in [0.29, 0.717) is 5.92 Å². The highest BCUT2D eigenvalue weighted by atomic mass is 16.3. The molecule has 2 heteroatoms. The molecule has 0 spiro atoms. The van der Waals surface area contributed by atoms with Crippen molar-refractivity contribution in [2.45, 2.75) is 38.7 Å². The number of aliphatic hydroxyl groups is 1. The second-order valence-corrected chi connectivity index (χ2v) is 3.80. The molecule has 0 saturated heterocycles. The maximum Gasteiger partial charge on any atom is 0.0805 e. The summed E-state index contributed by atoms with van der Waals surface area (Å²) in [4.78, 5) is 0. The molecule has 0 aromatic carbocycles. The third kappa shape index (κ3) is 1.54. The summed E-state index contributed by atoms with van der Waals surface area (Å²) in [5.41, 5.74) is -0.686. The second-order valence-electron chi connectivity index (χ2n) is 3.80. The topological polar surface area (TPSA) is 44.0 Å². The first-order valence-electron chi connectivity index (χ1n) is 4.20. The van der Waals surface area contributed by atoms with Gasteiger partial charge in [-0.1, -0.05) is 6.92 Å². The lowest BCUT2D eigenvalue weighted by molar-refractivity contribution is 0.0122. The highest BCUT2D eigenvalue weighted by Crippen LogP contribution is 2.38. The van der Waals surface area contributed by atoms with Crippen molar-refractivity contribution in [1.82, 2.24) is 0 Å². The van der Waals surface area contributed by atoms with Crippen LogP contribution in [0.4, 0.5) is 0 Å². The number of hydrogen-bond acceptors (Lipinski definition) is 2. The summed E-state index contributed by atoms with van der Waals surface area (Å²) in [5.74, 6) is 0.364. The van der Waals surface area contributed by atoms with Crippen LogP contribution in [0, 0.1) is 23.2 Å². The van der Waals surface area contributed by atoms with E-state index < -0.39 is 5.60 Å². The minimum absolute atomic E-state index is 0.215. The van der Waals surface area contributed by atoms with Crippen molar-refractivity contribution in [2.75, 3.05) is 0 Å². The standard InChI is InChI=1S/C9H15NO/c1-7-3-4-9(11,5-7)8(2)6-10/h7-8,11H,3-5H2,1-2H3. The van der Waals surface area contributed by atoms with Crippen LogP contribution in [0.1, 0.15) is 33.1 Å². The summed E-state index contributed by atoms with van der Waals surface area (Å²) in [5, 5.41) is 18.5. The van der Waals surface area contributed by atoms with Crippen LogP contribution < -0.4 is 0 Å². The second kappa shape index (κ2) is 2.83. The Morgan fingerprint density at radius 1 is 1.73 bits per heavy atom. The predicted molar refractivity (Wildman–Crippen MR) is 42.7 cm³/mol. The van der Waals surface area contributed by atoms with Crippen LogP contribution in [0.2, 0.25) is 0 Å². The fourth-order valence-corrected chi connectivity index (χ4v) is 1.82. The molecule has 0 aliphatic heterocycles. The Bertz CT molecular complexity index is 184. The molecule has 1 aliphatic rings. The van der Waals surface area contributed by atoms with Gasteiger partial charge < -0.3 is 5.11 Å². The monoisotopic (exact) mass is 153 g/mol. The Morgan fingerprint density at radius 2 is 2.36 bits per heavy atom.